The van der Waals surface area contributed by atoms with Crippen LogP contribution >= 0.6 is 0 Å². The molecule has 3 nitrogen and oxygen atoms in total. The zero-order chi connectivity index (χ0) is 10.5. The van der Waals surface area contributed by atoms with Crippen molar-refractivity contribution in [2.24, 2.45) is 0 Å². The minimum atomic E-state index is -0.0404. The van der Waals surface area contributed by atoms with Gasteiger partial charge in [0, 0.05) is 18.5 Å². The molecule has 84 valence electrons. The zero-order valence-corrected chi connectivity index (χ0v) is 9.56. The number of hydrogen-bond donors (Lipinski definition) is 1. The molecule has 1 amide bonds. The second-order valence-corrected chi connectivity index (χ2v) is 4.40. The number of carbonyl (C=O) groups excluding carboxylic acids is 1. The van der Waals surface area contributed by atoms with E-state index in [-0.39, 0.29) is 10.6 Å². The third-order valence-corrected chi connectivity index (χ3v) is 1.68. The summed E-state index contributed by atoms with van der Waals surface area (Å²) in [6.45, 7) is 7.09. The molecule has 0 heterocycles. The molecule has 0 atom stereocenters. The van der Waals surface area contributed by atoms with E-state index in [0.29, 0.717) is 5.57 Å². The summed E-state index contributed by atoms with van der Waals surface area (Å²) in [7, 11) is 6.42. The molecule has 4 heteroatoms. The first kappa shape index (κ1) is 15.6. The van der Waals surface area contributed by atoms with Crippen LogP contribution in [-0.2, 0) is 4.79 Å². The summed E-state index contributed by atoms with van der Waals surface area (Å²) >= 11 is 0. The maximum Gasteiger partial charge on any atom is 0.246 e. The van der Waals surface area contributed by atoms with Gasteiger partial charge < -0.3 is 14.5 Å². The Kier molecular flexibility index (Phi) is 7.27. The molecule has 0 fully saturated rings. The van der Waals surface area contributed by atoms with Crippen molar-refractivity contribution >= 4 is 5.91 Å². The SMILES string of the molecule is C=C(C)C(=O)NCCC[N+](C)(C)C.[F-]. The number of nitrogens with zero attached hydrogens (tertiary/aromatic N) is 1. The van der Waals surface area contributed by atoms with E-state index in [1.807, 2.05) is 0 Å². The van der Waals surface area contributed by atoms with E-state index in [1.165, 1.54) is 0 Å². The predicted octanol–water partition coefficient (Wildman–Crippen LogP) is -2.22. The smallest absolute Gasteiger partial charge is 0.246 e. The lowest BCUT2D eigenvalue weighted by Crippen LogP contribution is -3.00. The topological polar surface area (TPSA) is 29.1 Å². The van der Waals surface area contributed by atoms with Crippen LogP contribution in [0.15, 0.2) is 12.2 Å². The van der Waals surface area contributed by atoms with Crippen LogP contribution in [-0.4, -0.2) is 44.6 Å². The number of carbonyl (C=O) groups is 1. The van der Waals surface area contributed by atoms with Crippen LogP contribution in [0.2, 0.25) is 0 Å². The quantitative estimate of drug-likeness (QED) is 0.307. The van der Waals surface area contributed by atoms with Gasteiger partial charge >= 0.3 is 0 Å². The molecule has 1 N–H and O–H groups in total. The van der Waals surface area contributed by atoms with Crippen LogP contribution in [0.1, 0.15) is 13.3 Å². The molecule has 0 unspecified atom stereocenters. The van der Waals surface area contributed by atoms with Crippen molar-refractivity contribution in [1.82, 2.24) is 5.32 Å². The first-order valence-electron chi connectivity index (χ1n) is 4.57. The van der Waals surface area contributed by atoms with Gasteiger partial charge in [-0.05, 0) is 6.92 Å². The molecule has 0 aliphatic rings. The van der Waals surface area contributed by atoms with E-state index in [0.717, 1.165) is 24.0 Å². The number of halogens is 1. The summed E-state index contributed by atoms with van der Waals surface area (Å²) in [6, 6.07) is 0. The molecule has 0 saturated carbocycles. The second kappa shape index (κ2) is 6.54. The molecule has 0 aromatic heterocycles. The number of hydrogen-bond acceptors (Lipinski definition) is 1. The fourth-order valence-electron chi connectivity index (χ4n) is 0.906. The number of nitrogens with one attached hydrogen (secondary N) is 1. The van der Waals surface area contributed by atoms with Gasteiger partial charge in [0.1, 0.15) is 0 Å². The summed E-state index contributed by atoms with van der Waals surface area (Å²) in [5.41, 5.74) is 0.574. The summed E-state index contributed by atoms with van der Waals surface area (Å²) in [5, 5.41) is 2.81. The number of amides is 1. The minimum Gasteiger partial charge on any atom is -1.00 e. The van der Waals surface area contributed by atoms with Crippen molar-refractivity contribution in [3.05, 3.63) is 12.2 Å². The van der Waals surface area contributed by atoms with E-state index in [2.05, 4.69) is 33.0 Å². The van der Waals surface area contributed by atoms with E-state index < -0.39 is 0 Å². The van der Waals surface area contributed by atoms with Gasteiger partial charge in [0.05, 0.1) is 27.7 Å². The van der Waals surface area contributed by atoms with Crippen LogP contribution in [0.4, 0.5) is 0 Å². The van der Waals surface area contributed by atoms with Crippen LogP contribution in [0.25, 0.3) is 0 Å². The van der Waals surface area contributed by atoms with Crippen LogP contribution in [0, 0.1) is 0 Å². The zero-order valence-electron chi connectivity index (χ0n) is 9.56. The summed E-state index contributed by atoms with van der Waals surface area (Å²) < 4.78 is 0.933. The summed E-state index contributed by atoms with van der Waals surface area (Å²) in [6.07, 6.45) is 1.00. The highest BCUT2D eigenvalue weighted by Crippen LogP contribution is 1.92. The van der Waals surface area contributed by atoms with Gasteiger partial charge in [0.25, 0.3) is 0 Å². The maximum atomic E-state index is 11.1. The lowest BCUT2D eigenvalue weighted by molar-refractivity contribution is -0.870. The Balaban J connectivity index is 0. The highest BCUT2D eigenvalue weighted by molar-refractivity contribution is 5.91. The van der Waals surface area contributed by atoms with E-state index in [1.54, 1.807) is 6.92 Å². The van der Waals surface area contributed by atoms with Crippen molar-refractivity contribution in [1.29, 1.82) is 0 Å². The molecule has 0 aromatic carbocycles. The van der Waals surface area contributed by atoms with E-state index in [9.17, 15) is 4.79 Å². The molecule has 0 bridgehead atoms. The maximum absolute atomic E-state index is 11.1. The molecular formula is C10H21FN2O. The van der Waals surface area contributed by atoms with Crippen LogP contribution < -0.4 is 10.0 Å². The number of rotatable bonds is 5. The Bertz CT molecular complexity index is 197. The molecule has 0 aliphatic heterocycles. The molecule has 0 saturated heterocycles. The Morgan fingerprint density at radius 3 is 2.21 bits per heavy atom. The molecule has 0 rings (SSSR count). The summed E-state index contributed by atoms with van der Waals surface area (Å²) in [4.78, 5) is 11.1. The van der Waals surface area contributed by atoms with E-state index in [4.69, 9.17) is 0 Å². The van der Waals surface area contributed by atoms with Gasteiger partial charge in [-0.25, -0.2) is 0 Å². The highest BCUT2D eigenvalue weighted by atomic mass is 19.0. The van der Waals surface area contributed by atoms with E-state index >= 15 is 0 Å². The fourth-order valence-corrected chi connectivity index (χ4v) is 0.906. The van der Waals surface area contributed by atoms with Crippen molar-refractivity contribution in [3.8, 4) is 0 Å². The average molecular weight is 204 g/mol. The first-order chi connectivity index (χ1) is 5.83. The number of quaternary nitrogens is 1. The molecule has 0 spiro atoms. The highest BCUT2D eigenvalue weighted by Gasteiger charge is 2.06. The molecule has 0 radical (unpaired) electrons. The fraction of sp³-hybridized carbons (Fsp3) is 0.700. The third kappa shape index (κ3) is 9.19. The second-order valence-electron chi connectivity index (χ2n) is 4.40. The van der Waals surface area contributed by atoms with Gasteiger partial charge in [-0.2, -0.15) is 0 Å². The van der Waals surface area contributed by atoms with Crippen molar-refractivity contribution in [3.63, 3.8) is 0 Å². The molecule has 14 heavy (non-hydrogen) atoms. The normalized spacial score (nSPS) is 10.3. The molecule has 0 aliphatic carbocycles. The van der Waals surface area contributed by atoms with Gasteiger partial charge in [-0.3, -0.25) is 4.79 Å². The standard InChI is InChI=1S/C10H20N2O.FH/c1-9(2)10(13)11-7-6-8-12(3,4)5;/h1,6-8H2,2-5H3;1H. The van der Waals surface area contributed by atoms with Crippen molar-refractivity contribution in [2.75, 3.05) is 34.2 Å². The van der Waals surface area contributed by atoms with Gasteiger partial charge in [-0.1, -0.05) is 6.58 Å². The predicted molar refractivity (Wildman–Crippen MR) is 55.3 cm³/mol. The largest absolute Gasteiger partial charge is 1.00 e. The lowest BCUT2D eigenvalue weighted by atomic mass is 10.3. The lowest BCUT2D eigenvalue weighted by Gasteiger charge is -2.23. The van der Waals surface area contributed by atoms with Crippen LogP contribution in [0.3, 0.4) is 0 Å². The Hall–Kier alpha value is -0.900. The summed E-state index contributed by atoms with van der Waals surface area (Å²) in [5.74, 6) is -0.0404. The third-order valence-electron chi connectivity index (χ3n) is 1.68. The molecular weight excluding hydrogens is 183 g/mol. The average Bonchev–Trinajstić information content (AvgIpc) is 1.95. The minimum absolute atomic E-state index is 0. The Morgan fingerprint density at radius 2 is 1.86 bits per heavy atom. The first-order valence-corrected chi connectivity index (χ1v) is 4.57. The monoisotopic (exact) mass is 204 g/mol. The van der Waals surface area contributed by atoms with Crippen LogP contribution in [0.5, 0.6) is 0 Å². The molecule has 0 aromatic rings. The van der Waals surface area contributed by atoms with Gasteiger partial charge in [-0.15, -0.1) is 0 Å². The van der Waals surface area contributed by atoms with Crippen molar-refractivity contribution in [2.45, 2.75) is 13.3 Å². The Labute approximate surface area is 85.7 Å². The Morgan fingerprint density at radius 1 is 1.36 bits per heavy atom. The van der Waals surface area contributed by atoms with Gasteiger partial charge in [0.2, 0.25) is 5.91 Å². The van der Waals surface area contributed by atoms with Gasteiger partial charge in [0.15, 0.2) is 0 Å². The van der Waals surface area contributed by atoms with Crippen molar-refractivity contribution < 1.29 is 14.0 Å².